The summed E-state index contributed by atoms with van der Waals surface area (Å²) in [6, 6.07) is 7.80. The third-order valence-electron chi connectivity index (χ3n) is 7.03. The van der Waals surface area contributed by atoms with Gasteiger partial charge < -0.3 is 20.9 Å². The molecule has 5 heterocycles. The summed E-state index contributed by atoms with van der Waals surface area (Å²) in [5.41, 5.74) is 10.1. The monoisotopic (exact) mass is 566 g/mol. The van der Waals surface area contributed by atoms with Crippen LogP contribution in [0, 0.1) is 17.6 Å². The molecule has 1 fully saturated rings. The molecule has 42 heavy (non-hydrogen) atoms. The second-order valence-electron chi connectivity index (χ2n) is 10.4. The van der Waals surface area contributed by atoms with E-state index in [0.717, 1.165) is 0 Å². The van der Waals surface area contributed by atoms with Crippen LogP contribution in [0.2, 0.25) is 0 Å². The largest absolute Gasteiger partial charge is 0.382 e. The van der Waals surface area contributed by atoms with Crippen molar-refractivity contribution in [3.63, 3.8) is 0 Å². The van der Waals surface area contributed by atoms with Crippen molar-refractivity contribution in [3.8, 4) is 11.3 Å². The van der Waals surface area contributed by atoms with E-state index < -0.39 is 5.82 Å². The van der Waals surface area contributed by atoms with E-state index in [0.29, 0.717) is 46.0 Å². The highest BCUT2D eigenvalue weighted by Crippen LogP contribution is 2.41. The average Bonchev–Trinajstić information content (AvgIpc) is 3.67. The number of hydrogen-bond donors (Lipinski definition) is 3. The van der Waals surface area contributed by atoms with E-state index in [9.17, 15) is 9.18 Å². The molecule has 2 aliphatic rings. The predicted octanol–water partition coefficient (Wildman–Crippen LogP) is 5.33. The Kier molecular flexibility index (Phi) is 6.85. The average molecular weight is 567 g/mol. The summed E-state index contributed by atoms with van der Waals surface area (Å²) in [6.45, 7) is 6.05. The van der Waals surface area contributed by atoms with Crippen molar-refractivity contribution in [2.75, 3.05) is 22.5 Å². The highest BCUT2D eigenvalue weighted by molar-refractivity contribution is 6.17. The maximum absolute atomic E-state index is 16.4. The summed E-state index contributed by atoms with van der Waals surface area (Å²) in [4.78, 5) is 35.3. The molecular weight excluding hydrogens is 538 g/mol. The van der Waals surface area contributed by atoms with Crippen LogP contribution in [0.3, 0.4) is 0 Å². The van der Waals surface area contributed by atoms with Gasteiger partial charge >= 0.3 is 0 Å². The standard InChI is InChI=1S/C31H28F2N8O/c1-4-5-9-21(17-7-6-8-19(32)10-17)27-29(34)40-30(39-27)28-24-22(41-15-23(41)38-28)14-36-26(25(24)33)18-11-20(13-35-12-18)37-31(42)16(2)3/h4-14,16,23H,15,34H2,1-3H3,(H,37,42)(H,39,40)/b5-4?,21-9-. The molecule has 0 bridgehead atoms. The lowest BCUT2D eigenvalue weighted by Crippen LogP contribution is -2.20. The molecule has 1 amide bonds. The first kappa shape index (κ1) is 27.0. The number of hydrogen-bond acceptors (Lipinski definition) is 7. The van der Waals surface area contributed by atoms with E-state index in [1.807, 2.05) is 30.1 Å². The summed E-state index contributed by atoms with van der Waals surface area (Å²) in [5, 5.41) is 2.79. The fourth-order valence-electron chi connectivity index (χ4n) is 4.81. The van der Waals surface area contributed by atoms with Crippen molar-refractivity contribution in [2.24, 2.45) is 10.9 Å². The van der Waals surface area contributed by atoms with E-state index in [-0.39, 0.29) is 46.7 Å². The van der Waals surface area contributed by atoms with Gasteiger partial charge in [0.2, 0.25) is 5.91 Å². The molecule has 1 saturated heterocycles. The van der Waals surface area contributed by atoms with Crippen molar-refractivity contribution < 1.29 is 13.6 Å². The van der Waals surface area contributed by atoms with Crippen molar-refractivity contribution in [1.82, 2.24) is 19.9 Å². The first-order chi connectivity index (χ1) is 20.2. The van der Waals surface area contributed by atoms with Crippen molar-refractivity contribution >= 4 is 34.4 Å². The Morgan fingerprint density at radius 3 is 2.81 bits per heavy atom. The van der Waals surface area contributed by atoms with Crippen LogP contribution in [0.15, 0.2) is 72.1 Å². The molecule has 1 atom stereocenters. The van der Waals surface area contributed by atoms with Gasteiger partial charge in [-0.25, -0.2) is 13.8 Å². The zero-order valence-electron chi connectivity index (χ0n) is 23.2. The van der Waals surface area contributed by atoms with Crippen LogP contribution in [-0.2, 0) is 4.79 Å². The van der Waals surface area contributed by atoms with Gasteiger partial charge in [0, 0.05) is 23.3 Å². The Bertz CT molecular complexity index is 1810. The SMILES string of the molecule is CC=C/C=C(/c1cccc(F)c1)c1[nH]c(C2=NC3CN3c3cnc(-c4cncc(NC(=O)C(C)C)c4)c(F)c32)nc1N. The molecule has 4 aromatic rings. The number of H-pyrrole nitrogens is 1. The van der Waals surface area contributed by atoms with Crippen LogP contribution in [-0.4, -0.2) is 44.3 Å². The van der Waals surface area contributed by atoms with E-state index in [1.54, 1.807) is 38.2 Å². The molecule has 6 rings (SSSR count). The summed E-state index contributed by atoms with van der Waals surface area (Å²) in [7, 11) is 0. The molecule has 0 saturated carbocycles. The van der Waals surface area contributed by atoms with Crippen LogP contribution < -0.4 is 16.0 Å². The third-order valence-corrected chi connectivity index (χ3v) is 7.03. The number of amides is 1. The number of carbonyl (C=O) groups excluding carboxylic acids is 1. The Hall–Kier alpha value is -5.19. The molecule has 4 N–H and O–H groups in total. The fraction of sp³-hybridized carbons (Fsp3) is 0.194. The van der Waals surface area contributed by atoms with Crippen LogP contribution in [0.5, 0.6) is 0 Å². The second-order valence-corrected chi connectivity index (χ2v) is 10.4. The highest BCUT2D eigenvalue weighted by Gasteiger charge is 2.43. The number of pyridine rings is 2. The number of nitrogens with zero attached hydrogens (tertiary/aromatic N) is 5. The van der Waals surface area contributed by atoms with E-state index in [4.69, 9.17) is 10.7 Å². The lowest BCUT2D eigenvalue weighted by atomic mass is 10.0. The number of halogens is 2. The van der Waals surface area contributed by atoms with Crippen molar-refractivity contribution in [1.29, 1.82) is 0 Å². The maximum Gasteiger partial charge on any atom is 0.226 e. The minimum atomic E-state index is -0.600. The molecule has 2 aliphatic heterocycles. The number of nitrogens with two attached hydrogens (primary N) is 1. The molecule has 3 aromatic heterocycles. The number of anilines is 3. The Labute approximate surface area is 240 Å². The first-order valence-corrected chi connectivity index (χ1v) is 13.5. The highest BCUT2D eigenvalue weighted by atomic mass is 19.1. The normalized spacial score (nSPS) is 16.0. The van der Waals surface area contributed by atoms with Crippen LogP contribution in [0.4, 0.5) is 26.0 Å². The van der Waals surface area contributed by atoms with Crippen LogP contribution in [0.1, 0.15) is 43.4 Å². The van der Waals surface area contributed by atoms with Crippen LogP contribution >= 0.6 is 0 Å². The Morgan fingerprint density at radius 1 is 1.21 bits per heavy atom. The quantitative estimate of drug-likeness (QED) is 0.205. The topological polar surface area (TPSA) is 125 Å². The van der Waals surface area contributed by atoms with E-state index in [1.165, 1.54) is 24.5 Å². The Balaban J connectivity index is 1.43. The zero-order chi connectivity index (χ0) is 29.5. The van der Waals surface area contributed by atoms with Gasteiger partial charge in [-0.05, 0) is 30.7 Å². The minimum absolute atomic E-state index is 0.0584. The third kappa shape index (κ3) is 4.93. The number of aromatic nitrogens is 4. The van der Waals surface area contributed by atoms with Crippen LogP contribution in [0.25, 0.3) is 16.8 Å². The van der Waals surface area contributed by atoms with Gasteiger partial charge in [-0.1, -0.05) is 44.2 Å². The van der Waals surface area contributed by atoms with Gasteiger partial charge in [0.25, 0.3) is 0 Å². The fourth-order valence-corrected chi connectivity index (χ4v) is 4.81. The molecule has 1 unspecified atom stereocenters. The Morgan fingerprint density at radius 2 is 2.05 bits per heavy atom. The number of nitrogens with one attached hydrogen (secondary N) is 2. The number of rotatable bonds is 7. The van der Waals surface area contributed by atoms with Crippen molar-refractivity contribution in [2.45, 2.75) is 26.9 Å². The molecule has 0 spiro atoms. The number of imidazole rings is 1. The minimum Gasteiger partial charge on any atom is -0.382 e. The molecule has 212 valence electrons. The second kappa shape index (κ2) is 10.7. The number of benzene rings is 1. The van der Waals surface area contributed by atoms with Gasteiger partial charge in [-0.15, -0.1) is 0 Å². The summed E-state index contributed by atoms with van der Waals surface area (Å²) >= 11 is 0. The number of aromatic amines is 1. The molecule has 1 aromatic carbocycles. The number of nitrogen functional groups attached to an aromatic ring is 1. The first-order valence-electron chi connectivity index (χ1n) is 13.5. The maximum atomic E-state index is 16.4. The predicted molar refractivity (Wildman–Crippen MR) is 159 cm³/mol. The van der Waals surface area contributed by atoms with Gasteiger partial charge in [-0.3, -0.25) is 19.8 Å². The summed E-state index contributed by atoms with van der Waals surface area (Å²) in [6.07, 6.45) is 9.91. The zero-order valence-corrected chi connectivity index (χ0v) is 23.2. The summed E-state index contributed by atoms with van der Waals surface area (Å²) in [5.74, 6) is -0.947. The summed E-state index contributed by atoms with van der Waals surface area (Å²) < 4.78 is 30.5. The molecule has 9 nitrogen and oxygen atoms in total. The smallest absolute Gasteiger partial charge is 0.226 e. The molecule has 0 radical (unpaired) electrons. The van der Waals surface area contributed by atoms with Gasteiger partial charge in [0.05, 0.1) is 41.6 Å². The van der Waals surface area contributed by atoms with E-state index in [2.05, 4.69) is 25.3 Å². The van der Waals surface area contributed by atoms with Gasteiger partial charge in [0.1, 0.15) is 29.2 Å². The lowest BCUT2D eigenvalue weighted by Gasteiger charge is -2.19. The molecular formula is C31H28F2N8O. The number of allylic oxidation sites excluding steroid dienone is 3. The number of carbonyl (C=O) groups is 1. The van der Waals surface area contributed by atoms with Crippen molar-refractivity contribution in [3.05, 3.63) is 101 Å². The van der Waals surface area contributed by atoms with E-state index >= 15 is 4.39 Å². The number of aliphatic imine (C=N–C) groups is 1. The molecule has 11 heteroatoms. The number of fused-ring (bicyclic) bond motifs is 3. The van der Waals surface area contributed by atoms with Gasteiger partial charge in [0.15, 0.2) is 11.6 Å². The van der Waals surface area contributed by atoms with Gasteiger partial charge in [-0.2, -0.15) is 0 Å². The molecule has 0 aliphatic carbocycles. The lowest BCUT2D eigenvalue weighted by molar-refractivity contribution is -0.118.